The summed E-state index contributed by atoms with van der Waals surface area (Å²) in [6.45, 7) is -2.75. The van der Waals surface area contributed by atoms with E-state index in [2.05, 4.69) is 4.98 Å². The molecule has 5 aromatic rings. The highest BCUT2D eigenvalue weighted by Gasteiger charge is 2.22. The Labute approximate surface area is 178 Å². The summed E-state index contributed by atoms with van der Waals surface area (Å²) < 4.78 is 55.7. The number of hydrogen-bond acceptors (Lipinski definition) is 2. The number of benzene rings is 2. The van der Waals surface area contributed by atoms with Crippen molar-refractivity contribution >= 4 is 22.1 Å². The Morgan fingerprint density at radius 2 is 1.76 bits per heavy atom. The Balaban J connectivity index is 1.81. The molecule has 29 heavy (non-hydrogen) atoms. The van der Waals surface area contributed by atoms with E-state index in [1.807, 2.05) is 67.2 Å². The van der Waals surface area contributed by atoms with Crippen LogP contribution in [0.4, 0.5) is 0 Å². The maximum absolute atomic E-state index is 8.22. The van der Waals surface area contributed by atoms with Crippen molar-refractivity contribution in [2.75, 3.05) is 0 Å². The molecule has 0 aliphatic heterocycles. The van der Waals surface area contributed by atoms with Gasteiger partial charge in [-0.3, -0.25) is 0 Å². The van der Waals surface area contributed by atoms with Crippen molar-refractivity contribution in [1.29, 1.82) is 0 Å². The van der Waals surface area contributed by atoms with Crippen LogP contribution in [-0.4, -0.2) is 4.98 Å². The van der Waals surface area contributed by atoms with Crippen LogP contribution in [0.3, 0.4) is 0 Å². The first kappa shape index (κ1) is 12.2. The molecule has 5 rings (SSSR count). The second kappa shape index (κ2) is 6.56. The molecule has 3 aromatic heterocycles. The van der Waals surface area contributed by atoms with Crippen LogP contribution in [0.5, 0.6) is 0 Å². The van der Waals surface area contributed by atoms with Crippen LogP contribution >= 0.6 is 0 Å². The van der Waals surface area contributed by atoms with Gasteiger partial charge in [0.2, 0.25) is 11.4 Å². The lowest BCUT2D eigenvalue weighted by Gasteiger charge is -2.10. The van der Waals surface area contributed by atoms with Crippen LogP contribution in [0, 0.1) is 20.6 Å². The van der Waals surface area contributed by atoms with Crippen molar-refractivity contribution in [3.8, 4) is 22.4 Å². The maximum atomic E-state index is 8.22. The zero-order valence-electron chi connectivity index (χ0n) is 22.2. The molecule has 0 aliphatic carbocycles. The third-order valence-corrected chi connectivity index (χ3v) is 5.33. The Morgan fingerprint density at radius 3 is 2.55 bits per heavy atom. The van der Waals surface area contributed by atoms with E-state index in [1.54, 1.807) is 12.1 Å². The topological polar surface area (TPSA) is 29.9 Å². The van der Waals surface area contributed by atoms with Crippen LogP contribution < -0.4 is 4.57 Å². The van der Waals surface area contributed by atoms with Crippen molar-refractivity contribution in [3.05, 3.63) is 83.7 Å². The molecule has 142 valence electrons. The number of fused-ring (bicyclic) bond motifs is 3. The minimum absolute atomic E-state index is 0.0372. The van der Waals surface area contributed by atoms with E-state index in [9.17, 15) is 0 Å². The van der Waals surface area contributed by atoms with Gasteiger partial charge in [0, 0.05) is 36.3 Å². The molecule has 0 amide bonds. The highest BCUT2D eigenvalue weighted by molar-refractivity contribution is 6.08. The summed E-state index contributed by atoms with van der Waals surface area (Å²) in [4.78, 5) is 4.26. The van der Waals surface area contributed by atoms with Gasteiger partial charge in [-0.05, 0) is 49.5 Å². The number of hydrogen-bond donors (Lipinski definition) is 0. The molecule has 3 heterocycles. The molecule has 0 spiro atoms. The molecule has 3 nitrogen and oxygen atoms in total. The van der Waals surface area contributed by atoms with E-state index >= 15 is 0 Å². The molecule has 0 unspecified atom stereocenters. The van der Waals surface area contributed by atoms with Crippen LogP contribution in [0.1, 0.15) is 25.0 Å². The van der Waals surface area contributed by atoms with Gasteiger partial charge in [0.15, 0.2) is 11.8 Å². The molecule has 2 aromatic carbocycles. The van der Waals surface area contributed by atoms with Gasteiger partial charge in [0.1, 0.15) is 7.05 Å². The first-order valence-corrected chi connectivity index (χ1v) is 9.38. The second-order valence-electron chi connectivity index (χ2n) is 7.25. The van der Waals surface area contributed by atoms with Crippen molar-refractivity contribution < 1.29 is 17.2 Å². The zero-order valence-corrected chi connectivity index (χ0v) is 16.2. The molecule has 3 heteroatoms. The third kappa shape index (κ3) is 2.82. The van der Waals surface area contributed by atoms with Crippen LogP contribution in [-0.2, 0) is 7.05 Å². The number of rotatable bonds is 2. The summed E-state index contributed by atoms with van der Waals surface area (Å²) in [5.74, 6) is 0. The number of aryl methyl sites for hydroxylation is 4. The average molecular weight is 386 g/mol. The molecule has 0 saturated carbocycles. The van der Waals surface area contributed by atoms with Crippen molar-refractivity contribution in [2.45, 2.75) is 20.6 Å². The summed E-state index contributed by atoms with van der Waals surface area (Å²) in [5.41, 5.74) is 4.74. The predicted octanol–water partition coefficient (Wildman–Crippen LogP) is 6.06. The van der Waals surface area contributed by atoms with E-state index in [0.717, 1.165) is 22.1 Å². The van der Waals surface area contributed by atoms with E-state index in [4.69, 9.17) is 12.6 Å². The van der Waals surface area contributed by atoms with Crippen molar-refractivity contribution in [3.63, 3.8) is 0 Å². The molecule has 0 N–H and O–H groups in total. The lowest BCUT2D eigenvalue weighted by molar-refractivity contribution is -0.659. The van der Waals surface area contributed by atoms with E-state index in [0.29, 0.717) is 22.2 Å². The monoisotopic (exact) mass is 385 g/mol. The van der Waals surface area contributed by atoms with E-state index in [-0.39, 0.29) is 17.0 Å². The Morgan fingerprint density at radius 1 is 0.931 bits per heavy atom. The third-order valence-electron chi connectivity index (χ3n) is 5.33. The fourth-order valence-electron chi connectivity index (χ4n) is 3.88. The molecule has 0 fully saturated rings. The van der Waals surface area contributed by atoms with E-state index in [1.165, 1.54) is 6.07 Å². The minimum Gasteiger partial charge on any atom is -0.437 e. The lowest BCUT2D eigenvalue weighted by Crippen LogP contribution is -2.31. The highest BCUT2D eigenvalue weighted by Crippen LogP contribution is 2.37. The summed E-state index contributed by atoms with van der Waals surface area (Å²) in [6.07, 6.45) is 1.83. The minimum atomic E-state index is -2.35. The summed E-state index contributed by atoms with van der Waals surface area (Å²) in [6, 6.07) is 18.2. The summed E-state index contributed by atoms with van der Waals surface area (Å²) in [7, 11) is 1.87. The maximum Gasteiger partial charge on any atom is 0.227 e. The van der Waals surface area contributed by atoms with Gasteiger partial charge in [-0.15, -0.1) is 0 Å². The predicted molar refractivity (Wildman–Crippen MR) is 118 cm³/mol. The van der Waals surface area contributed by atoms with Crippen molar-refractivity contribution in [2.24, 2.45) is 7.05 Å². The quantitative estimate of drug-likeness (QED) is 0.345. The molecule has 0 saturated heterocycles. The smallest absolute Gasteiger partial charge is 0.227 e. The van der Waals surface area contributed by atoms with Crippen LogP contribution in [0.25, 0.3) is 44.5 Å². The SMILES string of the molecule is [2H]C([2H])([2H])c1ccc2c(n1)oc1c(-c3cc(C([2H])([2H])[2H])c(-c4ccccc4)c[n+]3C)c(C)ccc12. The Bertz CT molecular complexity index is 1580. The fourth-order valence-corrected chi connectivity index (χ4v) is 3.88. The molecule has 0 bridgehead atoms. The first-order valence-electron chi connectivity index (χ1n) is 12.4. The molecular formula is C26H23N2O+. The van der Waals surface area contributed by atoms with Gasteiger partial charge in [-0.2, -0.15) is 0 Å². The number of furan rings is 1. The van der Waals surface area contributed by atoms with Gasteiger partial charge in [-0.1, -0.05) is 42.5 Å². The molecular weight excluding hydrogens is 356 g/mol. The van der Waals surface area contributed by atoms with Gasteiger partial charge in [0.25, 0.3) is 0 Å². The first-order chi connectivity index (χ1) is 16.4. The summed E-state index contributed by atoms with van der Waals surface area (Å²) in [5, 5.41) is 1.49. The largest absolute Gasteiger partial charge is 0.437 e. The average Bonchev–Trinajstić information content (AvgIpc) is 3.16. The van der Waals surface area contributed by atoms with Gasteiger partial charge in [-0.25, -0.2) is 9.55 Å². The van der Waals surface area contributed by atoms with Crippen LogP contribution in [0.2, 0.25) is 0 Å². The Hall–Kier alpha value is -3.46. The van der Waals surface area contributed by atoms with Gasteiger partial charge < -0.3 is 4.42 Å². The Kier molecular flexibility index (Phi) is 2.75. The standard InChI is InChI=1S/C26H23N2O/c1-16-10-12-20-21-13-11-18(3)27-26(21)29-25(20)24(16)23-14-17(2)22(15-28(23)4)19-8-6-5-7-9-19/h5-15H,1-4H3/q+1/i2D3,3D3. The van der Waals surface area contributed by atoms with Crippen molar-refractivity contribution in [1.82, 2.24) is 4.98 Å². The zero-order chi connectivity index (χ0) is 25.1. The fraction of sp³-hybridized carbons (Fsp3) is 0.154. The van der Waals surface area contributed by atoms with Gasteiger partial charge in [0.05, 0.1) is 5.56 Å². The number of pyridine rings is 2. The van der Waals surface area contributed by atoms with Crippen LogP contribution in [0.15, 0.2) is 71.3 Å². The molecule has 0 atom stereocenters. The normalized spacial score (nSPS) is 15.4. The second-order valence-corrected chi connectivity index (χ2v) is 7.25. The molecule has 0 radical (unpaired) electrons. The lowest BCUT2D eigenvalue weighted by atomic mass is 9.97. The van der Waals surface area contributed by atoms with Gasteiger partial charge >= 0.3 is 0 Å². The summed E-state index contributed by atoms with van der Waals surface area (Å²) >= 11 is 0. The number of aromatic nitrogens is 2. The highest BCUT2D eigenvalue weighted by atomic mass is 16.3. The van der Waals surface area contributed by atoms with E-state index < -0.39 is 13.7 Å². The number of nitrogens with zero attached hydrogens (tertiary/aromatic N) is 2. The molecule has 0 aliphatic rings.